The second-order valence-corrected chi connectivity index (χ2v) is 6.12. The molecule has 2 heterocycles. The fraction of sp³-hybridized carbons (Fsp3) is 0.231. The lowest BCUT2D eigenvalue weighted by Crippen LogP contribution is -2.35. The van der Waals surface area contributed by atoms with Crippen molar-refractivity contribution in [1.29, 1.82) is 0 Å². The molecule has 118 valence electrons. The maximum absolute atomic E-state index is 13.9. The molecule has 0 bridgehead atoms. The first kappa shape index (κ1) is 16.2. The molecule has 1 aliphatic rings. The largest absolute Gasteiger partial charge is 0.555 e. The zero-order valence-corrected chi connectivity index (χ0v) is 13.0. The van der Waals surface area contributed by atoms with E-state index in [1.807, 2.05) is 0 Å². The molecule has 10 heteroatoms. The first-order valence-corrected chi connectivity index (χ1v) is 8.03. The van der Waals surface area contributed by atoms with E-state index in [0.717, 1.165) is 41.3 Å². The van der Waals surface area contributed by atoms with Crippen molar-refractivity contribution in [2.75, 3.05) is 5.75 Å². The molecule has 0 radical (unpaired) electrons. The number of nitrogens with zero attached hydrogens (tertiary/aromatic N) is 2. The van der Waals surface area contributed by atoms with E-state index in [2.05, 4.69) is 9.97 Å². The fourth-order valence-corrected chi connectivity index (χ4v) is 3.44. The molecule has 0 saturated carbocycles. The van der Waals surface area contributed by atoms with Crippen LogP contribution < -0.4 is 10.1 Å². The van der Waals surface area contributed by atoms with Gasteiger partial charge < -0.3 is 14.7 Å². The zero-order chi connectivity index (χ0) is 16.6. The molecule has 0 spiro atoms. The molecule has 2 aromatic rings. The lowest BCUT2D eigenvalue weighted by Gasteiger charge is -2.18. The minimum Gasteiger partial charge on any atom is -0.555 e. The molecule has 0 unspecified atom stereocenters. The molecule has 0 atom stereocenters. The Hall–Kier alpha value is -1.64. The number of aromatic nitrogens is 2. The van der Waals surface area contributed by atoms with Gasteiger partial charge in [-0.15, -0.1) is 0 Å². The van der Waals surface area contributed by atoms with Gasteiger partial charge in [-0.05, 0) is 24.3 Å². The Morgan fingerprint density at radius 3 is 2.52 bits per heavy atom. The third-order valence-electron chi connectivity index (χ3n) is 3.57. The third kappa shape index (κ3) is 3.06. The van der Waals surface area contributed by atoms with E-state index in [-0.39, 0.29) is 11.4 Å². The van der Waals surface area contributed by atoms with Crippen LogP contribution in [0.4, 0.5) is 8.78 Å². The van der Waals surface area contributed by atoms with Gasteiger partial charge in [0.25, 0.3) is 0 Å². The topological polar surface area (TPSA) is 75.5 Å². The van der Waals surface area contributed by atoms with Crippen LogP contribution in [0.3, 0.4) is 0 Å². The minimum absolute atomic E-state index is 0.115. The third-order valence-corrected chi connectivity index (χ3v) is 4.56. The normalized spacial score (nSPS) is 13.6. The molecule has 0 saturated heterocycles. The number of aryl methyl sites for hydroxylation is 1. The smallest absolute Gasteiger partial charge is 0.494 e. The molecule has 5 nitrogen and oxygen atoms in total. The minimum atomic E-state index is -2.22. The van der Waals surface area contributed by atoms with Gasteiger partial charge in [-0.2, -0.15) is 16.7 Å². The van der Waals surface area contributed by atoms with Crippen LogP contribution in [0.25, 0.3) is 11.4 Å². The Morgan fingerprint density at radius 1 is 1.22 bits per heavy atom. The van der Waals surface area contributed by atoms with Gasteiger partial charge in [0.2, 0.25) is 5.88 Å². The number of thioether (sulfide) groups is 1. The molecule has 23 heavy (non-hydrogen) atoms. The predicted octanol–water partition coefficient (Wildman–Crippen LogP) is -0.182. The van der Waals surface area contributed by atoms with Crippen molar-refractivity contribution in [3.63, 3.8) is 0 Å². The quantitative estimate of drug-likeness (QED) is 0.758. The van der Waals surface area contributed by atoms with E-state index in [4.69, 9.17) is 14.7 Å². The summed E-state index contributed by atoms with van der Waals surface area (Å²) in [5.74, 6) is 0.0486. The van der Waals surface area contributed by atoms with Gasteiger partial charge in [0, 0.05) is 16.9 Å². The molecule has 1 aromatic heterocycles. The maximum atomic E-state index is 13.9. The summed E-state index contributed by atoms with van der Waals surface area (Å²) in [6.07, 6.45) is 0.726. The Balaban J connectivity index is 2.12. The summed E-state index contributed by atoms with van der Waals surface area (Å²) in [5.41, 5.74) is 1.02. The molecule has 2 N–H and O–H groups in total. The second-order valence-electron chi connectivity index (χ2n) is 5.01. The summed E-state index contributed by atoms with van der Waals surface area (Å²) in [4.78, 5) is 8.61. The van der Waals surface area contributed by atoms with Crippen molar-refractivity contribution in [2.45, 2.75) is 12.2 Å². The first-order chi connectivity index (χ1) is 11.0. The van der Waals surface area contributed by atoms with Crippen LogP contribution in [0.5, 0.6) is 5.88 Å². The molecule has 0 fully saturated rings. The van der Waals surface area contributed by atoms with Crippen LogP contribution >= 0.6 is 11.8 Å². The fourth-order valence-electron chi connectivity index (χ4n) is 2.46. The molecular weight excluding hydrogens is 324 g/mol. The number of rotatable bonds is 3. The molecule has 1 aliphatic heterocycles. The lowest BCUT2D eigenvalue weighted by atomic mass is 9.79. The van der Waals surface area contributed by atoms with E-state index < -0.39 is 24.2 Å². The Bertz CT molecular complexity index is 724. The predicted molar refractivity (Wildman–Crippen MR) is 86.2 cm³/mol. The van der Waals surface area contributed by atoms with Crippen molar-refractivity contribution in [3.8, 4) is 17.3 Å². The van der Waals surface area contributed by atoms with Crippen molar-refractivity contribution < 1.29 is 23.5 Å². The van der Waals surface area contributed by atoms with E-state index in [9.17, 15) is 8.78 Å². The van der Waals surface area contributed by atoms with Crippen LogP contribution in [-0.4, -0.2) is 40.9 Å². The highest BCUT2D eigenvalue weighted by Gasteiger charge is 2.24. The van der Waals surface area contributed by atoms with Crippen LogP contribution in [0.2, 0.25) is 0 Å². The van der Waals surface area contributed by atoms with Crippen molar-refractivity contribution in [1.82, 2.24) is 9.97 Å². The Morgan fingerprint density at radius 2 is 1.91 bits per heavy atom. The molecule has 1 aromatic carbocycles. The Kier molecular flexibility index (Phi) is 4.56. The average Bonchev–Trinajstić information content (AvgIpc) is 2.52. The van der Waals surface area contributed by atoms with Gasteiger partial charge in [0.1, 0.15) is 11.6 Å². The van der Waals surface area contributed by atoms with E-state index >= 15 is 0 Å². The molecule has 0 amide bonds. The van der Waals surface area contributed by atoms with Gasteiger partial charge in [0.15, 0.2) is 5.82 Å². The number of benzene rings is 1. The molecule has 0 aliphatic carbocycles. The van der Waals surface area contributed by atoms with Crippen LogP contribution in [0, 0.1) is 11.6 Å². The van der Waals surface area contributed by atoms with Crippen LogP contribution in [0.1, 0.15) is 11.3 Å². The maximum Gasteiger partial charge on any atom is 0.494 e. The average molecular weight is 336 g/mol. The number of hydrogen-bond acceptors (Lipinski definition) is 6. The first-order valence-electron chi connectivity index (χ1n) is 6.88. The molecule has 3 rings (SSSR count). The highest BCUT2D eigenvalue weighted by atomic mass is 32.2. The summed E-state index contributed by atoms with van der Waals surface area (Å²) in [5, 5.41) is 18.0. The summed E-state index contributed by atoms with van der Waals surface area (Å²) in [6, 6.07) is 1.97. The van der Waals surface area contributed by atoms with Gasteiger partial charge in [-0.1, -0.05) is 0 Å². The highest BCUT2D eigenvalue weighted by Crippen LogP contribution is 2.31. The summed E-state index contributed by atoms with van der Waals surface area (Å²) in [7, 11) is -0.738. The van der Waals surface area contributed by atoms with Crippen LogP contribution in [0.15, 0.2) is 12.1 Å². The molecular formula is C13H12B2F2N2O3S. The summed E-state index contributed by atoms with van der Waals surface area (Å²) in [6.45, 7) is 0. The van der Waals surface area contributed by atoms with Gasteiger partial charge in [-0.3, -0.25) is 0 Å². The lowest BCUT2D eigenvalue weighted by molar-refractivity contribution is 0.419. The summed E-state index contributed by atoms with van der Waals surface area (Å²) >= 11 is 1.74. The van der Waals surface area contributed by atoms with Crippen molar-refractivity contribution in [2.24, 2.45) is 0 Å². The SMILES string of the molecule is BOc1nc(-c2cc(F)c(B(O)O)c(F)c2)nc2c1CSCC2. The highest BCUT2D eigenvalue weighted by molar-refractivity contribution is 7.98. The standard InChI is InChI=1S/C13H12B2F2N2O3S/c14-22-13-7-5-23-2-1-10(7)18-12(19-13)6-3-8(16)11(15(20)21)9(17)4-6/h3-4,20-21H,1-2,5,14H2. The number of halogens is 2. The van der Waals surface area contributed by atoms with E-state index in [0.29, 0.717) is 5.88 Å². The number of fused-ring (bicyclic) bond motifs is 1. The van der Waals surface area contributed by atoms with Crippen LogP contribution in [-0.2, 0) is 12.2 Å². The van der Waals surface area contributed by atoms with Gasteiger partial charge >= 0.3 is 15.2 Å². The second kappa shape index (κ2) is 6.46. The van der Waals surface area contributed by atoms with E-state index in [1.165, 1.54) is 8.05 Å². The van der Waals surface area contributed by atoms with Gasteiger partial charge in [-0.25, -0.2) is 13.8 Å². The monoisotopic (exact) mass is 336 g/mol. The van der Waals surface area contributed by atoms with Crippen molar-refractivity contribution >= 4 is 32.4 Å². The zero-order valence-electron chi connectivity index (χ0n) is 12.2. The van der Waals surface area contributed by atoms with Crippen molar-refractivity contribution in [3.05, 3.63) is 35.0 Å². The Labute approximate surface area is 136 Å². The van der Waals surface area contributed by atoms with E-state index in [1.54, 1.807) is 11.8 Å². The van der Waals surface area contributed by atoms with Gasteiger partial charge in [0.05, 0.1) is 11.2 Å². The summed E-state index contributed by atoms with van der Waals surface area (Å²) < 4.78 is 33.1. The number of hydrogen-bond donors (Lipinski definition) is 2.